The highest BCUT2D eigenvalue weighted by Crippen LogP contribution is 2.76. The molecule has 2 unspecified atom stereocenters. The summed E-state index contributed by atoms with van der Waals surface area (Å²) in [6.45, 7) is 6.74. The number of benzene rings is 1. The largest absolute Gasteiger partial charge is 0.292 e. The standard InChI is InChI=1S/C21H24N2O/c1-19(2,3)16-9-11-20(12-10-16)17(13-22)21(20,14-23)18(24)15-7-5-4-6-8-15/h4-8,16-17H,9-12H2,1-3H3. The van der Waals surface area contributed by atoms with E-state index in [2.05, 4.69) is 32.9 Å². The molecule has 124 valence electrons. The quantitative estimate of drug-likeness (QED) is 0.738. The molecule has 3 heteroatoms. The van der Waals surface area contributed by atoms with Gasteiger partial charge in [0.1, 0.15) is 5.41 Å². The highest BCUT2D eigenvalue weighted by atomic mass is 16.1. The van der Waals surface area contributed by atoms with E-state index < -0.39 is 16.7 Å². The molecule has 1 aromatic rings. The van der Waals surface area contributed by atoms with Gasteiger partial charge in [0.05, 0.1) is 18.1 Å². The second kappa shape index (κ2) is 5.45. The van der Waals surface area contributed by atoms with Crippen molar-refractivity contribution in [3.63, 3.8) is 0 Å². The molecule has 0 bridgehead atoms. The number of hydrogen-bond acceptors (Lipinski definition) is 3. The summed E-state index contributed by atoms with van der Waals surface area (Å²) in [5.74, 6) is -0.0405. The first kappa shape index (κ1) is 16.7. The highest BCUT2D eigenvalue weighted by Gasteiger charge is 2.81. The van der Waals surface area contributed by atoms with Crippen LogP contribution < -0.4 is 0 Å². The van der Waals surface area contributed by atoms with Crippen molar-refractivity contribution in [1.82, 2.24) is 0 Å². The van der Waals surface area contributed by atoms with Crippen LogP contribution in [0.1, 0.15) is 56.8 Å². The van der Waals surface area contributed by atoms with Crippen LogP contribution in [0.15, 0.2) is 30.3 Å². The van der Waals surface area contributed by atoms with Crippen molar-refractivity contribution in [3.8, 4) is 12.1 Å². The Kier molecular flexibility index (Phi) is 3.80. The first-order chi connectivity index (χ1) is 11.3. The first-order valence-corrected chi connectivity index (χ1v) is 8.74. The number of hydrogen-bond donors (Lipinski definition) is 0. The maximum atomic E-state index is 13.1. The predicted molar refractivity (Wildman–Crippen MR) is 91.8 cm³/mol. The third kappa shape index (κ3) is 2.11. The second-order valence-electron chi connectivity index (χ2n) is 8.47. The average Bonchev–Trinajstić information content (AvgIpc) is 3.14. The van der Waals surface area contributed by atoms with E-state index in [1.807, 2.05) is 18.2 Å². The Hall–Kier alpha value is -2.13. The fourth-order valence-corrected chi connectivity index (χ4v) is 4.90. The van der Waals surface area contributed by atoms with Gasteiger partial charge in [0, 0.05) is 11.0 Å². The van der Waals surface area contributed by atoms with E-state index in [4.69, 9.17) is 0 Å². The van der Waals surface area contributed by atoms with Crippen LogP contribution in [0.4, 0.5) is 0 Å². The molecule has 0 N–H and O–H groups in total. The molecule has 2 atom stereocenters. The summed E-state index contributed by atoms with van der Waals surface area (Å²) in [6, 6.07) is 13.6. The summed E-state index contributed by atoms with van der Waals surface area (Å²) in [4.78, 5) is 13.1. The van der Waals surface area contributed by atoms with Gasteiger partial charge in [0.25, 0.3) is 0 Å². The van der Waals surface area contributed by atoms with Crippen LogP contribution in [0.2, 0.25) is 0 Å². The number of carbonyl (C=O) groups is 1. The molecule has 0 heterocycles. The molecule has 3 rings (SSSR count). The van der Waals surface area contributed by atoms with Crippen molar-refractivity contribution in [2.24, 2.45) is 28.1 Å². The fraction of sp³-hybridized carbons (Fsp3) is 0.571. The van der Waals surface area contributed by atoms with Crippen molar-refractivity contribution < 1.29 is 4.79 Å². The number of Topliss-reactive ketones (excluding diaryl/α,β-unsaturated/α-hetero) is 1. The minimum absolute atomic E-state index is 0.161. The maximum absolute atomic E-state index is 13.1. The lowest BCUT2D eigenvalue weighted by Gasteiger charge is -2.38. The van der Waals surface area contributed by atoms with Crippen LogP contribution in [-0.4, -0.2) is 5.78 Å². The SMILES string of the molecule is CC(C)(C)C1CCC2(CC1)C(C#N)C2(C#N)C(=O)c1ccccc1. The van der Waals surface area contributed by atoms with Gasteiger partial charge in [-0.1, -0.05) is 51.1 Å². The average molecular weight is 320 g/mol. The van der Waals surface area contributed by atoms with Gasteiger partial charge in [-0.3, -0.25) is 4.79 Å². The lowest BCUT2D eigenvalue weighted by molar-refractivity contribution is 0.0844. The zero-order valence-electron chi connectivity index (χ0n) is 14.7. The molecule has 3 nitrogen and oxygen atoms in total. The van der Waals surface area contributed by atoms with Gasteiger partial charge in [-0.25, -0.2) is 0 Å². The van der Waals surface area contributed by atoms with Crippen LogP contribution in [-0.2, 0) is 0 Å². The highest BCUT2D eigenvalue weighted by molar-refractivity contribution is 6.06. The zero-order chi connectivity index (χ0) is 17.6. The molecular formula is C21H24N2O. The van der Waals surface area contributed by atoms with Crippen molar-refractivity contribution in [2.75, 3.05) is 0 Å². The molecule has 1 aromatic carbocycles. The van der Waals surface area contributed by atoms with Crippen LogP contribution in [0.3, 0.4) is 0 Å². The third-order valence-electron chi connectivity index (χ3n) is 6.49. The zero-order valence-corrected chi connectivity index (χ0v) is 14.7. The molecule has 1 spiro atoms. The van der Waals surface area contributed by atoms with Crippen LogP contribution in [0.25, 0.3) is 0 Å². The summed E-state index contributed by atoms with van der Waals surface area (Å²) in [7, 11) is 0. The van der Waals surface area contributed by atoms with E-state index in [1.54, 1.807) is 12.1 Å². The Morgan fingerprint density at radius 1 is 1.12 bits per heavy atom. The van der Waals surface area contributed by atoms with Gasteiger partial charge >= 0.3 is 0 Å². The van der Waals surface area contributed by atoms with E-state index in [0.717, 1.165) is 25.7 Å². The summed E-state index contributed by atoms with van der Waals surface area (Å²) < 4.78 is 0. The topological polar surface area (TPSA) is 64.7 Å². The molecular weight excluding hydrogens is 296 g/mol. The normalized spacial score (nSPS) is 35.0. The van der Waals surface area contributed by atoms with Crippen molar-refractivity contribution in [3.05, 3.63) is 35.9 Å². The minimum Gasteiger partial charge on any atom is -0.292 e. The Morgan fingerprint density at radius 3 is 2.17 bits per heavy atom. The molecule has 0 saturated heterocycles. The van der Waals surface area contributed by atoms with E-state index in [1.165, 1.54) is 0 Å². The lowest BCUT2D eigenvalue weighted by Crippen LogP contribution is -2.31. The Balaban J connectivity index is 1.92. The molecule has 0 aromatic heterocycles. The molecule has 2 fully saturated rings. The molecule has 0 radical (unpaired) electrons. The third-order valence-corrected chi connectivity index (χ3v) is 6.49. The summed E-state index contributed by atoms with van der Waals surface area (Å²) in [6.07, 6.45) is 3.60. The number of carbonyl (C=O) groups excluding carboxylic acids is 1. The van der Waals surface area contributed by atoms with Gasteiger partial charge in [-0.2, -0.15) is 10.5 Å². The van der Waals surface area contributed by atoms with Gasteiger partial charge in [0.2, 0.25) is 0 Å². The van der Waals surface area contributed by atoms with Gasteiger partial charge in [-0.15, -0.1) is 0 Å². The molecule has 2 aliphatic carbocycles. The predicted octanol–water partition coefficient (Wildman–Crippen LogP) is 4.76. The summed E-state index contributed by atoms with van der Waals surface area (Å²) >= 11 is 0. The number of nitrogens with zero attached hydrogens (tertiary/aromatic N) is 2. The van der Waals surface area contributed by atoms with E-state index in [-0.39, 0.29) is 11.2 Å². The van der Waals surface area contributed by atoms with E-state index >= 15 is 0 Å². The van der Waals surface area contributed by atoms with Crippen molar-refractivity contribution in [2.45, 2.75) is 46.5 Å². The summed E-state index contributed by atoms with van der Waals surface area (Å²) in [5, 5.41) is 19.6. The number of nitriles is 2. The van der Waals surface area contributed by atoms with Gasteiger partial charge < -0.3 is 0 Å². The molecule has 24 heavy (non-hydrogen) atoms. The summed E-state index contributed by atoms with van der Waals surface area (Å²) in [5.41, 5.74) is -0.803. The molecule has 0 amide bonds. The Morgan fingerprint density at radius 2 is 1.71 bits per heavy atom. The van der Waals surface area contributed by atoms with Gasteiger partial charge in [0.15, 0.2) is 5.78 Å². The first-order valence-electron chi connectivity index (χ1n) is 8.74. The molecule has 2 aliphatic rings. The van der Waals surface area contributed by atoms with E-state index in [0.29, 0.717) is 11.5 Å². The number of rotatable bonds is 2. The smallest absolute Gasteiger partial charge is 0.185 e. The molecule has 2 saturated carbocycles. The monoisotopic (exact) mass is 320 g/mol. The minimum atomic E-state index is -1.15. The van der Waals surface area contributed by atoms with Crippen LogP contribution in [0.5, 0.6) is 0 Å². The van der Waals surface area contributed by atoms with Crippen LogP contribution >= 0.6 is 0 Å². The van der Waals surface area contributed by atoms with Gasteiger partial charge in [-0.05, 0) is 37.0 Å². The fourth-order valence-electron chi connectivity index (χ4n) is 4.90. The van der Waals surface area contributed by atoms with Crippen LogP contribution in [0, 0.1) is 50.7 Å². The Labute approximate surface area is 144 Å². The number of ketones is 1. The Bertz CT molecular complexity index is 724. The van der Waals surface area contributed by atoms with E-state index in [9.17, 15) is 15.3 Å². The van der Waals surface area contributed by atoms with Crippen molar-refractivity contribution >= 4 is 5.78 Å². The second-order valence-corrected chi connectivity index (χ2v) is 8.47. The molecule has 0 aliphatic heterocycles. The van der Waals surface area contributed by atoms with Crippen molar-refractivity contribution in [1.29, 1.82) is 10.5 Å². The lowest BCUT2D eigenvalue weighted by atomic mass is 9.66. The maximum Gasteiger partial charge on any atom is 0.185 e.